The number of fused-ring (bicyclic) bond motifs is 2. The molecule has 130 valence electrons. The highest BCUT2D eigenvalue weighted by atomic mass is 16.7. The molecule has 0 radical (unpaired) electrons. The fourth-order valence-corrected chi connectivity index (χ4v) is 3.58. The van der Waals surface area contributed by atoms with Crippen LogP contribution in [0, 0.1) is 0 Å². The largest absolute Gasteiger partial charge is 0.454 e. The number of hydrogen-bond acceptors (Lipinski definition) is 4. The van der Waals surface area contributed by atoms with Crippen LogP contribution in [0.3, 0.4) is 0 Å². The van der Waals surface area contributed by atoms with Gasteiger partial charge in [-0.2, -0.15) is 5.10 Å². The van der Waals surface area contributed by atoms with E-state index >= 15 is 0 Å². The highest BCUT2D eigenvalue weighted by Crippen LogP contribution is 2.41. The molecule has 0 bridgehead atoms. The number of amides is 2. The molecule has 5 rings (SSSR count). The van der Waals surface area contributed by atoms with Crippen LogP contribution in [-0.4, -0.2) is 41.0 Å². The molecule has 0 saturated heterocycles. The summed E-state index contributed by atoms with van der Waals surface area (Å²) in [6.07, 6.45) is 4.17. The van der Waals surface area contributed by atoms with Crippen molar-refractivity contribution in [2.24, 2.45) is 0 Å². The lowest BCUT2D eigenvalue weighted by atomic mass is 10.1. The maximum Gasteiger partial charge on any atom is 0.321 e. The second kappa shape index (κ2) is 5.68. The quantitative estimate of drug-likeness (QED) is 0.881. The minimum atomic E-state index is -0.0788. The normalized spacial score (nSPS) is 18.6. The number of nitrogens with zero attached hydrogens (tertiary/aromatic N) is 2. The molecule has 0 spiro atoms. The van der Waals surface area contributed by atoms with Crippen LogP contribution in [0.25, 0.3) is 0 Å². The molecule has 1 saturated carbocycles. The number of ether oxygens (including phenoxy) is 2. The summed E-state index contributed by atoms with van der Waals surface area (Å²) < 4.78 is 10.7. The first-order valence-corrected chi connectivity index (χ1v) is 8.79. The van der Waals surface area contributed by atoms with E-state index in [0.717, 1.165) is 18.5 Å². The van der Waals surface area contributed by atoms with Crippen molar-refractivity contribution in [3.63, 3.8) is 0 Å². The molecule has 1 fully saturated rings. The molecule has 2 amide bonds. The Morgan fingerprint density at radius 2 is 2.04 bits per heavy atom. The van der Waals surface area contributed by atoms with E-state index in [1.54, 1.807) is 6.07 Å². The van der Waals surface area contributed by atoms with E-state index in [1.165, 1.54) is 29.8 Å². The lowest BCUT2D eigenvalue weighted by Crippen LogP contribution is -2.36. The van der Waals surface area contributed by atoms with E-state index in [0.29, 0.717) is 30.5 Å². The molecule has 7 heteroatoms. The molecule has 2 aliphatic heterocycles. The van der Waals surface area contributed by atoms with Crippen molar-refractivity contribution in [1.82, 2.24) is 15.1 Å². The Hall–Kier alpha value is -2.70. The van der Waals surface area contributed by atoms with Crippen molar-refractivity contribution < 1.29 is 14.3 Å². The summed E-state index contributed by atoms with van der Waals surface area (Å²) in [6, 6.07) is 5.37. The topological polar surface area (TPSA) is 79.5 Å². The maximum atomic E-state index is 12.6. The van der Waals surface area contributed by atoms with Gasteiger partial charge in [0.25, 0.3) is 0 Å². The van der Waals surface area contributed by atoms with Crippen LogP contribution in [0.4, 0.5) is 10.5 Å². The standard InChI is InChI=1S/C18H20N4O3/c23-18(19-12-3-4-15-16(9-12)25-10-24-15)22-7-5-13-14(6-8-22)20-21-17(13)11-1-2-11/h3-4,9,11H,1-2,5-8,10H2,(H,19,23)(H,20,21). The van der Waals surface area contributed by atoms with Crippen molar-refractivity contribution in [3.05, 3.63) is 35.2 Å². The number of nitrogens with one attached hydrogen (secondary N) is 2. The van der Waals surface area contributed by atoms with Gasteiger partial charge in [0, 0.05) is 42.9 Å². The first-order valence-electron chi connectivity index (χ1n) is 8.79. The van der Waals surface area contributed by atoms with E-state index in [-0.39, 0.29) is 12.8 Å². The monoisotopic (exact) mass is 340 g/mol. The molecule has 1 aromatic heterocycles. The highest BCUT2D eigenvalue weighted by molar-refractivity contribution is 5.89. The predicted octanol–water partition coefficient (Wildman–Crippen LogP) is 2.65. The predicted molar refractivity (Wildman–Crippen MR) is 91.1 cm³/mol. The van der Waals surface area contributed by atoms with Gasteiger partial charge >= 0.3 is 6.03 Å². The number of urea groups is 1. The summed E-state index contributed by atoms with van der Waals surface area (Å²) in [6.45, 7) is 1.63. The van der Waals surface area contributed by atoms with Gasteiger partial charge in [0.15, 0.2) is 11.5 Å². The summed E-state index contributed by atoms with van der Waals surface area (Å²) in [5.41, 5.74) is 4.48. The number of aromatic nitrogens is 2. The SMILES string of the molecule is O=C(Nc1ccc2c(c1)OCO2)N1CCc2[nH]nc(C3CC3)c2CC1. The number of H-pyrrole nitrogens is 1. The number of hydrogen-bond donors (Lipinski definition) is 2. The third kappa shape index (κ3) is 2.69. The summed E-state index contributed by atoms with van der Waals surface area (Å²) in [5, 5.41) is 10.7. The van der Waals surface area contributed by atoms with Crippen LogP contribution in [0.5, 0.6) is 11.5 Å². The fraction of sp³-hybridized carbons (Fsp3) is 0.444. The number of anilines is 1. The lowest BCUT2D eigenvalue weighted by molar-refractivity contribution is 0.174. The average molecular weight is 340 g/mol. The molecule has 25 heavy (non-hydrogen) atoms. The number of rotatable bonds is 2. The van der Waals surface area contributed by atoms with Gasteiger partial charge in [0.1, 0.15) is 0 Å². The molecule has 7 nitrogen and oxygen atoms in total. The highest BCUT2D eigenvalue weighted by Gasteiger charge is 2.31. The van der Waals surface area contributed by atoms with Gasteiger partial charge in [-0.3, -0.25) is 5.10 Å². The van der Waals surface area contributed by atoms with Crippen molar-refractivity contribution >= 4 is 11.7 Å². The zero-order valence-corrected chi connectivity index (χ0v) is 13.9. The fourth-order valence-electron chi connectivity index (χ4n) is 3.58. The van der Waals surface area contributed by atoms with Gasteiger partial charge in [-0.25, -0.2) is 4.79 Å². The Morgan fingerprint density at radius 1 is 1.20 bits per heavy atom. The van der Waals surface area contributed by atoms with Crippen molar-refractivity contribution in [1.29, 1.82) is 0 Å². The molecule has 2 aromatic rings. The van der Waals surface area contributed by atoms with Crippen LogP contribution >= 0.6 is 0 Å². The summed E-state index contributed by atoms with van der Waals surface area (Å²) in [7, 11) is 0. The first kappa shape index (κ1) is 14.6. The molecule has 0 atom stereocenters. The smallest absolute Gasteiger partial charge is 0.321 e. The van der Waals surface area contributed by atoms with Crippen molar-refractivity contribution in [2.75, 3.05) is 25.2 Å². The van der Waals surface area contributed by atoms with E-state index in [2.05, 4.69) is 15.5 Å². The Bertz CT molecular complexity index is 828. The van der Waals surface area contributed by atoms with Gasteiger partial charge in [-0.05, 0) is 37.0 Å². The molecule has 1 aromatic carbocycles. The number of carbonyl (C=O) groups is 1. The minimum absolute atomic E-state index is 0.0788. The number of aromatic amines is 1. The second-order valence-electron chi connectivity index (χ2n) is 6.83. The zero-order valence-electron chi connectivity index (χ0n) is 13.9. The van der Waals surface area contributed by atoms with Gasteiger partial charge in [-0.1, -0.05) is 0 Å². The van der Waals surface area contributed by atoms with Crippen molar-refractivity contribution in [2.45, 2.75) is 31.6 Å². The zero-order chi connectivity index (χ0) is 16.8. The van der Waals surface area contributed by atoms with Crippen molar-refractivity contribution in [3.8, 4) is 11.5 Å². The van der Waals surface area contributed by atoms with Crippen LogP contribution < -0.4 is 14.8 Å². The molecule has 3 aliphatic rings. The molecule has 3 heterocycles. The molecule has 0 unspecified atom stereocenters. The summed E-state index contributed by atoms with van der Waals surface area (Å²) >= 11 is 0. The van der Waals surface area contributed by atoms with E-state index < -0.39 is 0 Å². The van der Waals surface area contributed by atoms with Gasteiger partial charge in [0.05, 0.1) is 5.69 Å². The van der Waals surface area contributed by atoms with E-state index in [4.69, 9.17) is 9.47 Å². The van der Waals surface area contributed by atoms with Gasteiger partial charge < -0.3 is 19.7 Å². The first-order chi connectivity index (χ1) is 12.3. The molecule has 2 N–H and O–H groups in total. The molecule has 1 aliphatic carbocycles. The Balaban J connectivity index is 1.27. The van der Waals surface area contributed by atoms with Crippen LogP contribution in [0.2, 0.25) is 0 Å². The van der Waals surface area contributed by atoms with Gasteiger partial charge in [0.2, 0.25) is 6.79 Å². The number of benzene rings is 1. The van der Waals surface area contributed by atoms with Crippen LogP contribution in [0.1, 0.15) is 35.7 Å². The Labute approximate surface area is 145 Å². The third-order valence-corrected chi connectivity index (χ3v) is 5.12. The maximum absolute atomic E-state index is 12.6. The van der Waals surface area contributed by atoms with E-state index in [1.807, 2.05) is 17.0 Å². The van der Waals surface area contributed by atoms with Crippen LogP contribution in [-0.2, 0) is 12.8 Å². The second-order valence-corrected chi connectivity index (χ2v) is 6.83. The lowest BCUT2D eigenvalue weighted by Gasteiger charge is -2.21. The van der Waals surface area contributed by atoms with Gasteiger partial charge in [-0.15, -0.1) is 0 Å². The molecular formula is C18H20N4O3. The Kier molecular flexibility index (Phi) is 3.33. The third-order valence-electron chi connectivity index (χ3n) is 5.12. The molecular weight excluding hydrogens is 320 g/mol. The van der Waals surface area contributed by atoms with Crippen LogP contribution in [0.15, 0.2) is 18.2 Å². The van der Waals surface area contributed by atoms with E-state index in [9.17, 15) is 4.79 Å². The Morgan fingerprint density at radius 3 is 2.92 bits per heavy atom. The number of carbonyl (C=O) groups excluding carboxylic acids is 1. The minimum Gasteiger partial charge on any atom is -0.454 e. The average Bonchev–Trinajstić information content (AvgIpc) is 3.29. The summed E-state index contributed by atoms with van der Waals surface area (Å²) in [5.74, 6) is 2.02. The summed E-state index contributed by atoms with van der Waals surface area (Å²) in [4.78, 5) is 14.5.